The lowest BCUT2D eigenvalue weighted by Gasteiger charge is -2.14. The molecule has 0 spiro atoms. The van der Waals surface area contributed by atoms with E-state index in [-0.39, 0.29) is 23.8 Å². The number of fused-ring (bicyclic) bond motifs is 2. The van der Waals surface area contributed by atoms with E-state index in [9.17, 15) is 9.59 Å². The van der Waals surface area contributed by atoms with Gasteiger partial charge in [-0.2, -0.15) is 0 Å². The lowest BCUT2D eigenvalue weighted by molar-refractivity contribution is -0.141. The van der Waals surface area contributed by atoms with Crippen molar-refractivity contribution in [2.24, 2.45) is 5.92 Å². The summed E-state index contributed by atoms with van der Waals surface area (Å²) in [5, 5.41) is 0. The standard InChI is InChI=1S/C14H16O3/c1-7-3-13-9(5-14(16)17-13)4-11-8(2)12(15)6-10(7)11/h9,13H,3-6H2,1-2H3/t9-,13-/m1/s1. The zero-order valence-electron chi connectivity index (χ0n) is 10.2. The summed E-state index contributed by atoms with van der Waals surface area (Å²) in [6, 6.07) is 0. The predicted octanol–water partition coefficient (Wildman–Crippen LogP) is 2.32. The molecule has 1 saturated heterocycles. The van der Waals surface area contributed by atoms with Crippen molar-refractivity contribution < 1.29 is 14.3 Å². The van der Waals surface area contributed by atoms with Crippen molar-refractivity contribution in [2.45, 2.75) is 45.6 Å². The van der Waals surface area contributed by atoms with Gasteiger partial charge in [-0.25, -0.2) is 0 Å². The van der Waals surface area contributed by atoms with Gasteiger partial charge in [0.05, 0.1) is 6.42 Å². The minimum atomic E-state index is -0.0844. The molecule has 3 nitrogen and oxygen atoms in total. The number of hydrogen-bond donors (Lipinski definition) is 0. The van der Waals surface area contributed by atoms with Crippen LogP contribution in [-0.2, 0) is 14.3 Å². The fourth-order valence-electron chi connectivity index (χ4n) is 3.24. The molecule has 0 N–H and O–H groups in total. The molecule has 0 unspecified atom stereocenters. The van der Waals surface area contributed by atoms with E-state index < -0.39 is 0 Å². The summed E-state index contributed by atoms with van der Waals surface area (Å²) < 4.78 is 5.36. The molecule has 0 radical (unpaired) electrons. The minimum Gasteiger partial charge on any atom is -0.462 e. The summed E-state index contributed by atoms with van der Waals surface area (Å²) in [5.41, 5.74) is 4.54. The molecule has 0 aromatic heterocycles. The van der Waals surface area contributed by atoms with Crippen LogP contribution in [0.5, 0.6) is 0 Å². The third-order valence-electron chi connectivity index (χ3n) is 4.30. The molecule has 0 bridgehead atoms. The van der Waals surface area contributed by atoms with E-state index in [2.05, 4.69) is 6.92 Å². The first-order valence-electron chi connectivity index (χ1n) is 6.17. The zero-order valence-corrected chi connectivity index (χ0v) is 10.2. The number of esters is 1. The molecule has 3 heteroatoms. The number of ether oxygens (including phenoxy) is 1. The number of hydrogen-bond acceptors (Lipinski definition) is 3. The van der Waals surface area contributed by atoms with Crippen LogP contribution in [-0.4, -0.2) is 17.9 Å². The molecule has 1 aliphatic heterocycles. The van der Waals surface area contributed by atoms with Gasteiger partial charge in [-0.05, 0) is 37.0 Å². The van der Waals surface area contributed by atoms with Gasteiger partial charge in [0, 0.05) is 18.8 Å². The Hall–Kier alpha value is -1.38. The Balaban J connectivity index is 2.02. The van der Waals surface area contributed by atoms with Gasteiger partial charge in [-0.3, -0.25) is 9.59 Å². The normalized spacial score (nSPS) is 32.6. The van der Waals surface area contributed by atoms with E-state index in [1.54, 1.807) is 0 Å². The fourth-order valence-corrected chi connectivity index (χ4v) is 3.24. The van der Waals surface area contributed by atoms with Gasteiger partial charge in [-0.15, -0.1) is 0 Å². The molecule has 0 saturated carbocycles. The highest BCUT2D eigenvalue weighted by atomic mass is 16.5. The molecule has 0 amide bonds. The lowest BCUT2D eigenvalue weighted by Crippen LogP contribution is -2.15. The second-order valence-electron chi connectivity index (χ2n) is 5.36. The van der Waals surface area contributed by atoms with Crippen LogP contribution in [0.25, 0.3) is 0 Å². The van der Waals surface area contributed by atoms with Crippen molar-refractivity contribution in [3.8, 4) is 0 Å². The van der Waals surface area contributed by atoms with E-state index in [1.807, 2.05) is 6.92 Å². The third-order valence-corrected chi connectivity index (χ3v) is 4.30. The number of Topliss-reactive ketones (excluding diaryl/α,β-unsaturated/α-hetero) is 1. The van der Waals surface area contributed by atoms with Crippen LogP contribution >= 0.6 is 0 Å². The van der Waals surface area contributed by atoms with E-state index in [1.165, 1.54) is 16.7 Å². The van der Waals surface area contributed by atoms with Crippen molar-refractivity contribution in [1.82, 2.24) is 0 Å². The SMILES string of the molecule is CC1=C2CC(=O)C(C)=C2C[C@@H]2CC(=O)O[C@@H]2C1. The summed E-state index contributed by atoms with van der Waals surface area (Å²) in [4.78, 5) is 23.1. The molecule has 1 heterocycles. The van der Waals surface area contributed by atoms with Crippen molar-refractivity contribution in [3.05, 3.63) is 22.3 Å². The Morgan fingerprint density at radius 1 is 1.06 bits per heavy atom. The number of carbonyl (C=O) groups excluding carboxylic acids is 2. The Morgan fingerprint density at radius 3 is 2.59 bits per heavy atom. The maximum absolute atomic E-state index is 11.8. The van der Waals surface area contributed by atoms with Crippen LogP contribution in [0.3, 0.4) is 0 Å². The Kier molecular flexibility index (Phi) is 2.25. The smallest absolute Gasteiger partial charge is 0.306 e. The van der Waals surface area contributed by atoms with Crippen LogP contribution in [0.2, 0.25) is 0 Å². The molecule has 2 atom stereocenters. The van der Waals surface area contributed by atoms with E-state index in [4.69, 9.17) is 4.74 Å². The number of ketones is 1. The lowest BCUT2D eigenvalue weighted by atomic mass is 9.92. The van der Waals surface area contributed by atoms with Gasteiger partial charge in [0.1, 0.15) is 6.10 Å². The van der Waals surface area contributed by atoms with Crippen LogP contribution < -0.4 is 0 Å². The first kappa shape index (κ1) is 10.8. The quantitative estimate of drug-likeness (QED) is 0.602. The Bertz CT molecular complexity index is 482. The molecule has 3 rings (SSSR count). The molecule has 0 aromatic carbocycles. The first-order valence-corrected chi connectivity index (χ1v) is 6.17. The Morgan fingerprint density at radius 2 is 1.82 bits per heavy atom. The van der Waals surface area contributed by atoms with Gasteiger partial charge in [0.15, 0.2) is 5.78 Å². The topological polar surface area (TPSA) is 43.4 Å². The number of carbonyl (C=O) groups is 2. The monoisotopic (exact) mass is 232 g/mol. The molecule has 1 fully saturated rings. The molecular formula is C14H16O3. The van der Waals surface area contributed by atoms with Crippen LogP contribution in [0.4, 0.5) is 0 Å². The van der Waals surface area contributed by atoms with Gasteiger partial charge in [-0.1, -0.05) is 5.57 Å². The largest absolute Gasteiger partial charge is 0.462 e. The predicted molar refractivity (Wildman–Crippen MR) is 62.2 cm³/mol. The van der Waals surface area contributed by atoms with Crippen molar-refractivity contribution in [2.75, 3.05) is 0 Å². The van der Waals surface area contributed by atoms with Gasteiger partial charge in [0.25, 0.3) is 0 Å². The highest BCUT2D eigenvalue weighted by Crippen LogP contribution is 2.44. The molecule has 2 aliphatic carbocycles. The Labute approximate surface area is 101 Å². The summed E-state index contributed by atoms with van der Waals surface area (Å²) in [6.45, 7) is 3.98. The van der Waals surface area contributed by atoms with Crippen molar-refractivity contribution in [3.63, 3.8) is 0 Å². The van der Waals surface area contributed by atoms with Crippen LogP contribution in [0.15, 0.2) is 22.3 Å². The summed E-state index contributed by atoms with van der Waals surface area (Å²) in [6.07, 6.45) is 2.74. The van der Waals surface area contributed by atoms with E-state index >= 15 is 0 Å². The molecule has 90 valence electrons. The molecule has 0 aromatic rings. The maximum atomic E-state index is 11.8. The van der Waals surface area contributed by atoms with E-state index in [0.717, 1.165) is 18.4 Å². The van der Waals surface area contributed by atoms with Gasteiger partial charge < -0.3 is 4.74 Å². The molecule has 3 aliphatic rings. The minimum absolute atomic E-state index is 0.0380. The number of rotatable bonds is 0. The zero-order chi connectivity index (χ0) is 12.2. The van der Waals surface area contributed by atoms with Crippen LogP contribution in [0.1, 0.15) is 39.5 Å². The van der Waals surface area contributed by atoms with Crippen molar-refractivity contribution in [1.29, 1.82) is 0 Å². The summed E-state index contributed by atoms with van der Waals surface area (Å²) in [7, 11) is 0. The average molecular weight is 232 g/mol. The summed E-state index contributed by atoms with van der Waals surface area (Å²) in [5.74, 6) is 0.433. The average Bonchev–Trinajstić information content (AvgIpc) is 2.70. The maximum Gasteiger partial charge on any atom is 0.306 e. The fraction of sp³-hybridized carbons (Fsp3) is 0.571. The van der Waals surface area contributed by atoms with E-state index in [0.29, 0.717) is 12.8 Å². The number of allylic oxidation sites excluding steroid dienone is 3. The van der Waals surface area contributed by atoms with Gasteiger partial charge >= 0.3 is 5.97 Å². The highest BCUT2D eigenvalue weighted by Gasteiger charge is 2.40. The third kappa shape index (κ3) is 1.56. The second kappa shape index (κ2) is 3.56. The second-order valence-corrected chi connectivity index (χ2v) is 5.36. The highest BCUT2D eigenvalue weighted by molar-refractivity contribution is 6.02. The van der Waals surface area contributed by atoms with Gasteiger partial charge in [0.2, 0.25) is 0 Å². The summed E-state index contributed by atoms with van der Waals surface area (Å²) >= 11 is 0. The molecular weight excluding hydrogens is 216 g/mol. The van der Waals surface area contributed by atoms with Crippen LogP contribution in [0, 0.1) is 5.92 Å². The first-order chi connectivity index (χ1) is 8.06. The molecule has 17 heavy (non-hydrogen) atoms. The van der Waals surface area contributed by atoms with Crippen molar-refractivity contribution >= 4 is 11.8 Å².